The standard InChI is InChI=1S/C13H13N3/c14-11-8-4-7-10(13(11)16)12(15)9-5-2-1-3-6-9/h1-8,15H,14,16H2. The fourth-order valence-corrected chi connectivity index (χ4v) is 1.56. The van der Waals surface area contributed by atoms with E-state index in [2.05, 4.69) is 0 Å². The first kappa shape index (κ1) is 10.2. The second-order valence-corrected chi connectivity index (χ2v) is 3.55. The second-order valence-electron chi connectivity index (χ2n) is 3.55. The highest BCUT2D eigenvalue weighted by Crippen LogP contribution is 2.22. The van der Waals surface area contributed by atoms with Gasteiger partial charge in [0.15, 0.2) is 0 Å². The van der Waals surface area contributed by atoms with E-state index in [1.54, 1.807) is 18.2 Å². The molecular weight excluding hydrogens is 198 g/mol. The van der Waals surface area contributed by atoms with Crippen LogP contribution in [0.3, 0.4) is 0 Å². The van der Waals surface area contributed by atoms with Gasteiger partial charge in [0.2, 0.25) is 0 Å². The molecule has 0 unspecified atom stereocenters. The highest BCUT2D eigenvalue weighted by Gasteiger charge is 2.09. The summed E-state index contributed by atoms with van der Waals surface area (Å²) in [5.41, 5.74) is 14.5. The highest BCUT2D eigenvalue weighted by atomic mass is 14.7. The van der Waals surface area contributed by atoms with E-state index in [-0.39, 0.29) is 0 Å². The van der Waals surface area contributed by atoms with Crippen LogP contribution in [0, 0.1) is 5.41 Å². The van der Waals surface area contributed by atoms with Crippen LogP contribution < -0.4 is 11.5 Å². The monoisotopic (exact) mass is 211 g/mol. The average molecular weight is 211 g/mol. The zero-order chi connectivity index (χ0) is 11.5. The Kier molecular flexibility index (Phi) is 2.60. The van der Waals surface area contributed by atoms with Gasteiger partial charge in [0.1, 0.15) is 0 Å². The molecule has 0 aromatic heterocycles. The molecular formula is C13H13N3. The van der Waals surface area contributed by atoms with Crippen LogP contribution >= 0.6 is 0 Å². The Morgan fingerprint density at radius 3 is 2.25 bits per heavy atom. The number of para-hydroxylation sites is 1. The number of rotatable bonds is 2. The van der Waals surface area contributed by atoms with Gasteiger partial charge < -0.3 is 11.5 Å². The maximum Gasteiger partial charge on any atom is 0.0706 e. The number of hydrogen-bond donors (Lipinski definition) is 3. The molecule has 80 valence electrons. The lowest BCUT2D eigenvalue weighted by molar-refractivity contribution is 1.46. The molecule has 3 nitrogen and oxygen atoms in total. The number of anilines is 2. The third kappa shape index (κ3) is 1.75. The molecule has 16 heavy (non-hydrogen) atoms. The molecule has 0 amide bonds. The van der Waals surface area contributed by atoms with Crippen LogP contribution in [0.15, 0.2) is 48.5 Å². The number of nitrogens with one attached hydrogen (secondary N) is 1. The van der Waals surface area contributed by atoms with Gasteiger partial charge >= 0.3 is 0 Å². The van der Waals surface area contributed by atoms with Crippen LogP contribution in [0.25, 0.3) is 0 Å². The summed E-state index contributed by atoms with van der Waals surface area (Å²) >= 11 is 0. The molecule has 0 aliphatic rings. The summed E-state index contributed by atoms with van der Waals surface area (Å²) < 4.78 is 0. The Balaban J connectivity index is 2.46. The van der Waals surface area contributed by atoms with E-state index in [1.165, 1.54) is 0 Å². The number of benzene rings is 2. The first-order chi connectivity index (χ1) is 7.70. The van der Waals surface area contributed by atoms with Crippen molar-refractivity contribution in [1.82, 2.24) is 0 Å². The number of nitrogens with two attached hydrogens (primary N) is 2. The Morgan fingerprint density at radius 1 is 0.875 bits per heavy atom. The third-order valence-electron chi connectivity index (χ3n) is 2.47. The van der Waals surface area contributed by atoms with Crippen molar-refractivity contribution in [3.05, 3.63) is 59.7 Å². The highest BCUT2D eigenvalue weighted by molar-refractivity contribution is 6.14. The van der Waals surface area contributed by atoms with Gasteiger partial charge in [-0.3, -0.25) is 5.41 Å². The molecule has 5 N–H and O–H groups in total. The third-order valence-corrected chi connectivity index (χ3v) is 2.47. The van der Waals surface area contributed by atoms with E-state index in [9.17, 15) is 0 Å². The molecule has 0 saturated heterocycles. The van der Waals surface area contributed by atoms with E-state index in [1.807, 2.05) is 30.3 Å². The number of nitrogen functional groups attached to an aromatic ring is 2. The Hall–Kier alpha value is -2.29. The smallest absolute Gasteiger partial charge is 0.0706 e. The van der Waals surface area contributed by atoms with E-state index in [4.69, 9.17) is 16.9 Å². The van der Waals surface area contributed by atoms with E-state index >= 15 is 0 Å². The molecule has 2 aromatic rings. The van der Waals surface area contributed by atoms with Crippen LogP contribution in [0.2, 0.25) is 0 Å². The van der Waals surface area contributed by atoms with Gasteiger partial charge in [0.05, 0.1) is 17.1 Å². The van der Waals surface area contributed by atoms with Crippen molar-refractivity contribution >= 4 is 17.1 Å². The zero-order valence-corrected chi connectivity index (χ0v) is 8.77. The molecule has 0 aliphatic heterocycles. The summed E-state index contributed by atoms with van der Waals surface area (Å²) in [5, 5.41) is 8.07. The van der Waals surface area contributed by atoms with Gasteiger partial charge in [0.25, 0.3) is 0 Å². The summed E-state index contributed by atoms with van der Waals surface area (Å²) in [6, 6.07) is 14.8. The Bertz CT molecular complexity index is 518. The second kappa shape index (κ2) is 4.06. The van der Waals surface area contributed by atoms with Crippen molar-refractivity contribution in [2.75, 3.05) is 11.5 Å². The average Bonchev–Trinajstić information content (AvgIpc) is 2.33. The van der Waals surface area contributed by atoms with Gasteiger partial charge in [-0.05, 0) is 6.07 Å². The summed E-state index contributed by atoms with van der Waals surface area (Å²) in [5.74, 6) is 0. The summed E-state index contributed by atoms with van der Waals surface area (Å²) in [7, 11) is 0. The Morgan fingerprint density at radius 2 is 1.56 bits per heavy atom. The fraction of sp³-hybridized carbons (Fsp3) is 0. The van der Waals surface area contributed by atoms with Crippen molar-refractivity contribution in [2.24, 2.45) is 0 Å². The minimum absolute atomic E-state index is 0.394. The topological polar surface area (TPSA) is 75.9 Å². The summed E-state index contributed by atoms with van der Waals surface area (Å²) in [6.45, 7) is 0. The molecule has 0 spiro atoms. The lowest BCUT2D eigenvalue weighted by atomic mass is 10.0. The molecule has 0 bridgehead atoms. The minimum atomic E-state index is 0.394. The predicted octanol–water partition coefficient (Wildman–Crippen LogP) is 2.27. The van der Waals surface area contributed by atoms with Crippen molar-refractivity contribution in [1.29, 1.82) is 5.41 Å². The molecule has 2 rings (SSSR count). The molecule has 2 aromatic carbocycles. The molecule has 0 atom stereocenters. The van der Waals surface area contributed by atoms with Crippen LogP contribution in [0.4, 0.5) is 11.4 Å². The molecule has 0 saturated carbocycles. The lowest BCUT2D eigenvalue weighted by Gasteiger charge is -2.09. The first-order valence-corrected chi connectivity index (χ1v) is 4.98. The van der Waals surface area contributed by atoms with Gasteiger partial charge in [-0.2, -0.15) is 0 Å². The van der Waals surface area contributed by atoms with Gasteiger partial charge in [-0.1, -0.05) is 42.5 Å². The van der Waals surface area contributed by atoms with Gasteiger partial charge in [-0.15, -0.1) is 0 Å². The summed E-state index contributed by atoms with van der Waals surface area (Å²) in [6.07, 6.45) is 0. The largest absolute Gasteiger partial charge is 0.397 e. The molecule has 0 aliphatic carbocycles. The Labute approximate surface area is 94.2 Å². The number of hydrogen-bond acceptors (Lipinski definition) is 3. The normalized spacial score (nSPS) is 10.0. The van der Waals surface area contributed by atoms with Gasteiger partial charge in [-0.25, -0.2) is 0 Å². The maximum atomic E-state index is 8.07. The van der Waals surface area contributed by atoms with Crippen LogP contribution in [-0.2, 0) is 0 Å². The first-order valence-electron chi connectivity index (χ1n) is 4.98. The minimum Gasteiger partial charge on any atom is -0.397 e. The molecule has 0 radical (unpaired) electrons. The quantitative estimate of drug-likeness (QED) is 0.526. The SMILES string of the molecule is N=C(c1ccccc1)c1cccc(N)c1N. The van der Waals surface area contributed by atoms with Crippen LogP contribution in [-0.4, -0.2) is 5.71 Å². The molecule has 0 fully saturated rings. The summed E-state index contributed by atoms with van der Waals surface area (Å²) in [4.78, 5) is 0. The van der Waals surface area contributed by atoms with Crippen molar-refractivity contribution < 1.29 is 0 Å². The van der Waals surface area contributed by atoms with Crippen molar-refractivity contribution in [3.8, 4) is 0 Å². The van der Waals surface area contributed by atoms with E-state index < -0.39 is 0 Å². The lowest BCUT2D eigenvalue weighted by Crippen LogP contribution is -2.07. The van der Waals surface area contributed by atoms with Crippen LogP contribution in [0.1, 0.15) is 11.1 Å². The van der Waals surface area contributed by atoms with Gasteiger partial charge in [0, 0.05) is 11.1 Å². The molecule has 0 heterocycles. The van der Waals surface area contributed by atoms with Crippen molar-refractivity contribution in [3.63, 3.8) is 0 Å². The molecule has 3 heteroatoms. The predicted molar refractivity (Wildman–Crippen MR) is 67.6 cm³/mol. The van der Waals surface area contributed by atoms with E-state index in [0.717, 1.165) is 5.56 Å². The van der Waals surface area contributed by atoms with Crippen LogP contribution in [0.5, 0.6) is 0 Å². The fourth-order valence-electron chi connectivity index (χ4n) is 1.56. The van der Waals surface area contributed by atoms with E-state index in [0.29, 0.717) is 22.6 Å². The zero-order valence-electron chi connectivity index (χ0n) is 8.77. The maximum absolute atomic E-state index is 8.07. The van der Waals surface area contributed by atoms with Crippen molar-refractivity contribution in [2.45, 2.75) is 0 Å².